The molecule has 1 unspecified atom stereocenters. The number of aromatic nitrogens is 2. The Morgan fingerprint density at radius 1 is 1.50 bits per heavy atom. The maximum absolute atomic E-state index is 5.04. The fourth-order valence-corrected chi connectivity index (χ4v) is 1.28. The zero-order valence-corrected chi connectivity index (χ0v) is 7.00. The lowest BCUT2D eigenvalue weighted by molar-refractivity contribution is 0.305. The summed E-state index contributed by atoms with van der Waals surface area (Å²) in [6.07, 6.45) is 0. The molecule has 2 heterocycles. The third-order valence-corrected chi connectivity index (χ3v) is 1.88. The third kappa shape index (κ3) is 1.46. The van der Waals surface area contributed by atoms with E-state index >= 15 is 0 Å². The lowest BCUT2D eigenvalue weighted by atomic mass is 10.2. The van der Waals surface area contributed by atoms with E-state index in [9.17, 15) is 0 Å². The Bertz CT molecular complexity index is 254. The third-order valence-electron chi connectivity index (χ3n) is 1.88. The molecule has 1 atom stereocenters. The molecule has 5 heteroatoms. The molecule has 2 rings (SSSR count). The second-order valence-electron chi connectivity index (χ2n) is 2.89. The van der Waals surface area contributed by atoms with Gasteiger partial charge in [0.2, 0.25) is 5.89 Å². The Morgan fingerprint density at radius 2 is 2.42 bits per heavy atom. The van der Waals surface area contributed by atoms with Crippen molar-refractivity contribution >= 4 is 0 Å². The van der Waals surface area contributed by atoms with Crippen molar-refractivity contribution in [1.82, 2.24) is 20.8 Å². The molecular weight excluding hydrogens is 156 g/mol. The van der Waals surface area contributed by atoms with Crippen LogP contribution >= 0.6 is 0 Å². The maximum Gasteiger partial charge on any atom is 0.245 e. The van der Waals surface area contributed by atoms with Crippen LogP contribution in [0.25, 0.3) is 0 Å². The molecule has 0 amide bonds. The van der Waals surface area contributed by atoms with E-state index in [4.69, 9.17) is 4.52 Å². The van der Waals surface area contributed by atoms with Crippen LogP contribution in [-0.4, -0.2) is 29.8 Å². The molecule has 0 spiro atoms. The molecule has 0 aromatic carbocycles. The molecule has 5 nitrogen and oxygen atoms in total. The summed E-state index contributed by atoms with van der Waals surface area (Å²) >= 11 is 0. The Kier molecular flexibility index (Phi) is 2.05. The van der Waals surface area contributed by atoms with Gasteiger partial charge in [0.1, 0.15) is 0 Å². The van der Waals surface area contributed by atoms with Crippen LogP contribution in [0.5, 0.6) is 0 Å². The van der Waals surface area contributed by atoms with Crippen LogP contribution in [0.1, 0.15) is 17.8 Å². The van der Waals surface area contributed by atoms with E-state index in [0.717, 1.165) is 19.6 Å². The summed E-state index contributed by atoms with van der Waals surface area (Å²) in [7, 11) is 0. The average molecular weight is 168 g/mol. The van der Waals surface area contributed by atoms with Crippen LogP contribution in [-0.2, 0) is 0 Å². The maximum atomic E-state index is 5.04. The van der Waals surface area contributed by atoms with Gasteiger partial charge in [0.15, 0.2) is 5.82 Å². The number of hydrogen-bond donors (Lipinski definition) is 2. The fraction of sp³-hybridized carbons (Fsp3) is 0.714. The number of nitrogens with one attached hydrogen (secondary N) is 2. The summed E-state index contributed by atoms with van der Waals surface area (Å²) in [5.41, 5.74) is 0. The molecular formula is C7H12N4O. The van der Waals surface area contributed by atoms with Gasteiger partial charge in [0.25, 0.3) is 0 Å². The summed E-state index contributed by atoms with van der Waals surface area (Å²) in [5.74, 6) is 1.37. The van der Waals surface area contributed by atoms with Gasteiger partial charge in [-0.1, -0.05) is 5.16 Å². The van der Waals surface area contributed by atoms with Gasteiger partial charge >= 0.3 is 0 Å². The summed E-state index contributed by atoms with van der Waals surface area (Å²) < 4.78 is 5.04. The highest BCUT2D eigenvalue weighted by molar-refractivity contribution is 4.94. The van der Waals surface area contributed by atoms with Gasteiger partial charge in [-0.2, -0.15) is 4.98 Å². The van der Waals surface area contributed by atoms with E-state index in [2.05, 4.69) is 20.8 Å². The van der Waals surface area contributed by atoms with E-state index in [-0.39, 0.29) is 6.04 Å². The van der Waals surface area contributed by atoms with Crippen LogP contribution in [0, 0.1) is 6.92 Å². The molecule has 1 saturated heterocycles. The lowest BCUT2D eigenvalue weighted by Gasteiger charge is -2.20. The first-order valence-electron chi connectivity index (χ1n) is 4.10. The number of piperazine rings is 1. The first-order chi connectivity index (χ1) is 5.86. The van der Waals surface area contributed by atoms with Crippen LogP contribution in [0.15, 0.2) is 4.52 Å². The van der Waals surface area contributed by atoms with Crippen molar-refractivity contribution < 1.29 is 4.52 Å². The highest BCUT2D eigenvalue weighted by Gasteiger charge is 2.19. The summed E-state index contributed by atoms with van der Waals surface area (Å²) in [5, 5.41) is 10.3. The number of nitrogens with zero attached hydrogens (tertiary/aromatic N) is 2. The number of hydrogen-bond acceptors (Lipinski definition) is 5. The second kappa shape index (κ2) is 3.20. The van der Waals surface area contributed by atoms with Gasteiger partial charge in [-0.05, 0) is 6.92 Å². The lowest BCUT2D eigenvalue weighted by Crippen LogP contribution is -2.42. The summed E-state index contributed by atoms with van der Waals surface area (Å²) in [6, 6.07) is 0.181. The number of aryl methyl sites for hydroxylation is 1. The van der Waals surface area contributed by atoms with Crippen LogP contribution in [0.2, 0.25) is 0 Å². The summed E-state index contributed by atoms with van der Waals surface area (Å²) in [4.78, 5) is 4.15. The Balaban J connectivity index is 2.08. The molecule has 1 aromatic rings. The van der Waals surface area contributed by atoms with Crippen LogP contribution in [0.4, 0.5) is 0 Å². The SMILES string of the molecule is Cc1noc(C2CNCCN2)n1. The molecule has 1 aliphatic heterocycles. The van der Waals surface area contributed by atoms with Crippen molar-refractivity contribution in [2.24, 2.45) is 0 Å². The zero-order chi connectivity index (χ0) is 8.39. The van der Waals surface area contributed by atoms with Crippen molar-refractivity contribution in [3.05, 3.63) is 11.7 Å². The molecule has 66 valence electrons. The van der Waals surface area contributed by atoms with Crippen molar-refractivity contribution in [3.63, 3.8) is 0 Å². The van der Waals surface area contributed by atoms with Crippen molar-refractivity contribution in [1.29, 1.82) is 0 Å². The minimum Gasteiger partial charge on any atom is -0.338 e. The fourth-order valence-electron chi connectivity index (χ4n) is 1.28. The Labute approximate surface area is 70.5 Å². The van der Waals surface area contributed by atoms with Crippen LogP contribution < -0.4 is 10.6 Å². The van der Waals surface area contributed by atoms with E-state index in [0.29, 0.717) is 11.7 Å². The first kappa shape index (κ1) is 7.70. The Morgan fingerprint density at radius 3 is 3.00 bits per heavy atom. The molecule has 1 aliphatic rings. The van der Waals surface area contributed by atoms with E-state index in [1.807, 2.05) is 6.92 Å². The molecule has 0 aliphatic carbocycles. The highest BCUT2D eigenvalue weighted by atomic mass is 16.5. The molecule has 0 radical (unpaired) electrons. The van der Waals surface area contributed by atoms with E-state index in [1.54, 1.807) is 0 Å². The van der Waals surface area contributed by atoms with Gasteiger partial charge in [0, 0.05) is 19.6 Å². The molecule has 1 fully saturated rings. The van der Waals surface area contributed by atoms with E-state index in [1.165, 1.54) is 0 Å². The molecule has 1 aromatic heterocycles. The van der Waals surface area contributed by atoms with Crippen molar-refractivity contribution in [3.8, 4) is 0 Å². The molecule has 12 heavy (non-hydrogen) atoms. The minimum absolute atomic E-state index is 0.181. The average Bonchev–Trinajstić information content (AvgIpc) is 2.54. The summed E-state index contributed by atoms with van der Waals surface area (Å²) in [6.45, 7) is 4.64. The standard InChI is InChI=1S/C7H12N4O/c1-5-10-7(12-11-5)6-4-8-2-3-9-6/h6,8-9H,2-4H2,1H3. The molecule has 0 saturated carbocycles. The monoisotopic (exact) mass is 168 g/mol. The van der Waals surface area contributed by atoms with E-state index < -0.39 is 0 Å². The second-order valence-corrected chi connectivity index (χ2v) is 2.89. The predicted octanol–water partition coefficient (Wildman–Crippen LogP) is -0.388. The molecule has 2 N–H and O–H groups in total. The van der Waals surface area contributed by atoms with Crippen molar-refractivity contribution in [2.75, 3.05) is 19.6 Å². The smallest absolute Gasteiger partial charge is 0.245 e. The molecule has 0 bridgehead atoms. The van der Waals surface area contributed by atoms with Gasteiger partial charge in [-0.15, -0.1) is 0 Å². The largest absolute Gasteiger partial charge is 0.338 e. The number of rotatable bonds is 1. The van der Waals surface area contributed by atoms with Gasteiger partial charge in [-0.25, -0.2) is 0 Å². The van der Waals surface area contributed by atoms with Gasteiger partial charge in [-0.3, -0.25) is 0 Å². The zero-order valence-electron chi connectivity index (χ0n) is 7.00. The predicted molar refractivity (Wildman–Crippen MR) is 42.6 cm³/mol. The quantitative estimate of drug-likeness (QED) is 0.598. The van der Waals surface area contributed by atoms with Crippen molar-refractivity contribution in [2.45, 2.75) is 13.0 Å². The highest BCUT2D eigenvalue weighted by Crippen LogP contribution is 2.10. The first-order valence-corrected chi connectivity index (χ1v) is 4.10. The topological polar surface area (TPSA) is 63.0 Å². The Hall–Kier alpha value is -0.940. The van der Waals surface area contributed by atoms with Gasteiger partial charge < -0.3 is 15.2 Å². The van der Waals surface area contributed by atoms with Crippen LogP contribution in [0.3, 0.4) is 0 Å². The minimum atomic E-state index is 0.181. The van der Waals surface area contributed by atoms with Gasteiger partial charge in [0.05, 0.1) is 6.04 Å². The normalized spacial score (nSPS) is 24.2.